The van der Waals surface area contributed by atoms with Crippen LogP contribution in [-0.4, -0.2) is 27.0 Å². The van der Waals surface area contributed by atoms with Crippen LogP contribution in [0.2, 0.25) is 0 Å². The summed E-state index contributed by atoms with van der Waals surface area (Å²) in [5.74, 6) is -0.188. The van der Waals surface area contributed by atoms with Crippen LogP contribution in [0, 0.1) is 11.3 Å². The molecule has 0 aliphatic rings. The molecule has 0 amide bonds. The lowest BCUT2D eigenvalue weighted by atomic mass is 10.2. The smallest absolute Gasteiger partial charge is 0.239 e. The fourth-order valence-electron chi connectivity index (χ4n) is 1.15. The summed E-state index contributed by atoms with van der Waals surface area (Å²) >= 11 is 0. The molecular formula is C10H12N2O3S. The van der Waals surface area contributed by atoms with Crippen LogP contribution in [0.1, 0.15) is 11.1 Å². The number of hydroxylamine groups is 1. The Morgan fingerprint density at radius 1 is 1.50 bits per heavy atom. The van der Waals surface area contributed by atoms with Gasteiger partial charge in [0, 0.05) is 7.05 Å². The molecular weight excluding hydrogens is 228 g/mol. The van der Waals surface area contributed by atoms with Crippen LogP contribution in [0.5, 0.6) is 0 Å². The van der Waals surface area contributed by atoms with E-state index in [1.807, 2.05) is 6.07 Å². The second-order valence-corrected chi connectivity index (χ2v) is 5.13. The molecule has 0 saturated carbocycles. The van der Waals surface area contributed by atoms with E-state index in [9.17, 15) is 8.42 Å². The minimum absolute atomic E-state index is 0.188. The van der Waals surface area contributed by atoms with Crippen LogP contribution in [0.15, 0.2) is 24.3 Å². The summed E-state index contributed by atoms with van der Waals surface area (Å²) in [6, 6.07) is 8.42. The molecule has 0 aliphatic heterocycles. The minimum Gasteiger partial charge on any atom is -0.288 e. The van der Waals surface area contributed by atoms with E-state index in [4.69, 9.17) is 5.26 Å². The van der Waals surface area contributed by atoms with Crippen molar-refractivity contribution < 1.29 is 13.3 Å². The van der Waals surface area contributed by atoms with Crippen molar-refractivity contribution in [2.75, 3.05) is 14.2 Å². The molecule has 0 fully saturated rings. The molecule has 0 bridgehead atoms. The van der Waals surface area contributed by atoms with E-state index in [0.29, 0.717) is 11.1 Å². The number of rotatable bonds is 4. The summed E-state index contributed by atoms with van der Waals surface area (Å²) in [6.45, 7) is 0. The number of sulfonamides is 1. The van der Waals surface area contributed by atoms with E-state index >= 15 is 0 Å². The minimum atomic E-state index is -3.49. The summed E-state index contributed by atoms with van der Waals surface area (Å²) < 4.78 is 24.1. The molecule has 1 aromatic carbocycles. The summed E-state index contributed by atoms with van der Waals surface area (Å²) in [4.78, 5) is 4.62. The lowest BCUT2D eigenvalue weighted by Crippen LogP contribution is -2.27. The lowest BCUT2D eigenvalue weighted by Gasteiger charge is -2.13. The van der Waals surface area contributed by atoms with Gasteiger partial charge in [0.2, 0.25) is 10.0 Å². The van der Waals surface area contributed by atoms with Crippen molar-refractivity contribution in [2.24, 2.45) is 0 Å². The van der Waals surface area contributed by atoms with E-state index in [-0.39, 0.29) is 5.75 Å². The van der Waals surface area contributed by atoms with Gasteiger partial charge >= 0.3 is 0 Å². The molecule has 0 spiro atoms. The Kier molecular flexibility index (Phi) is 4.01. The highest BCUT2D eigenvalue weighted by Gasteiger charge is 2.18. The monoisotopic (exact) mass is 240 g/mol. The van der Waals surface area contributed by atoms with Gasteiger partial charge in [-0.3, -0.25) is 4.84 Å². The Balaban J connectivity index is 2.93. The third kappa shape index (κ3) is 3.03. The van der Waals surface area contributed by atoms with Crippen LogP contribution in [0.3, 0.4) is 0 Å². The molecule has 1 aromatic rings. The van der Waals surface area contributed by atoms with Gasteiger partial charge in [0.15, 0.2) is 0 Å². The second kappa shape index (κ2) is 5.07. The van der Waals surface area contributed by atoms with Crippen molar-refractivity contribution in [2.45, 2.75) is 5.75 Å². The molecule has 16 heavy (non-hydrogen) atoms. The van der Waals surface area contributed by atoms with Crippen LogP contribution in [0.4, 0.5) is 0 Å². The molecule has 5 nitrogen and oxygen atoms in total. The first-order chi connectivity index (χ1) is 7.49. The highest BCUT2D eigenvalue weighted by molar-refractivity contribution is 7.88. The average molecular weight is 240 g/mol. The van der Waals surface area contributed by atoms with E-state index in [2.05, 4.69) is 4.84 Å². The van der Waals surface area contributed by atoms with Crippen LogP contribution in [-0.2, 0) is 20.6 Å². The molecule has 0 radical (unpaired) electrons. The van der Waals surface area contributed by atoms with Gasteiger partial charge in [0.25, 0.3) is 0 Å². The Bertz CT molecular complexity index is 505. The van der Waals surface area contributed by atoms with Crippen molar-refractivity contribution >= 4 is 10.0 Å². The first kappa shape index (κ1) is 12.6. The lowest BCUT2D eigenvalue weighted by molar-refractivity contribution is -0.0260. The Labute approximate surface area is 94.9 Å². The van der Waals surface area contributed by atoms with Crippen molar-refractivity contribution in [3.8, 4) is 6.07 Å². The molecule has 0 heterocycles. The normalized spacial score (nSPS) is 11.4. The third-order valence-corrected chi connectivity index (χ3v) is 3.68. The topological polar surface area (TPSA) is 70.4 Å². The zero-order chi connectivity index (χ0) is 12.2. The van der Waals surface area contributed by atoms with Gasteiger partial charge in [-0.15, -0.1) is 0 Å². The van der Waals surface area contributed by atoms with Crippen molar-refractivity contribution in [1.82, 2.24) is 4.47 Å². The molecule has 0 aliphatic carbocycles. The van der Waals surface area contributed by atoms with E-state index < -0.39 is 10.0 Å². The zero-order valence-corrected chi connectivity index (χ0v) is 9.86. The summed E-state index contributed by atoms with van der Waals surface area (Å²) in [7, 11) is -0.883. The first-order valence-electron chi connectivity index (χ1n) is 4.49. The quantitative estimate of drug-likeness (QED) is 0.732. The molecule has 0 saturated heterocycles. The predicted molar refractivity (Wildman–Crippen MR) is 58.6 cm³/mol. The standard InChI is InChI=1S/C10H12N2O3S/c1-12(15-2)16(13,14)8-10-5-3-4-9(6-10)7-11/h3-6H,8H2,1-2H3. The Morgan fingerprint density at radius 3 is 2.75 bits per heavy atom. The summed E-state index contributed by atoms with van der Waals surface area (Å²) in [5, 5.41) is 8.68. The third-order valence-electron chi connectivity index (χ3n) is 2.05. The van der Waals surface area contributed by atoms with Crippen molar-refractivity contribution in [3.63, 3.8) is 0 Å². The summed E-state index contributed by atoms with van der Waals surface area (Å²) in [6.07, 6.45) is 0. The van der Waals surface area contributed by atoms with Gasteiger partial charge < -0.3 is 0 Å². The maximum atomic E-state index is 11.6. The van der Waals surface area contributed by atoms with Crippen LogP contribution >= 0.6 is 0 Å². The van der Waals surface area contributed by atoms with Gasteiger partial charge in [-0.05, 0) is 17.7 Å². The fraction of sp³-hybridized carbons (Fsp3) is 0.300. The highest BCUT2D eigenvalue weighted by atomic mass is 32.2. The zero-order valence-electron chi connectivity index (χ0n) is 9.04. The van der Waals surface area contributed by atoms with E-state index in [1.54, 1.807) is 24.3 Å². The maximum Gasteiger partial charge on any atom is 0.239 e. The molecule has 0 aromatic heterocycles. The molecule has 86 valence electrons. The number of nitriles is 1. The van der Waals surface area contributed by atoms with Crippen LogP contribution < -0.4 is 0 Å². The van der Waals surface area contributed by atoms with Crippen molar-refractivity contribution in [3.05, 3.63) is 35.4 Å². The SMILES string of the molecule is CON(C)S(=O)(=O)Cc1cccc(C#N)c1. The van der Waals surface area contributed by atoms with Gasteiger partial charge in [-0.1, -0.05) is 16.6 Å². The first-order valence-corrected chi connectivity index (χ1v) is 6.10. The maximum absolute atomic E-state index is 11.6. The summed E-state index contributed by atoms with van der Waals surface area (Å²) in [5.41, 5.74) is 0.996. The number of hydrogen-bond acceptors (Lipinski definition) is 4. The van der Waals surface area contributed by atoms with Gasteiger partial charge in [-0.2, -0.15) is 5.26 Å². The molecule has 6 heteroatoms. The fourth-order valence-corrected chi connectivity index (χ4v) is 2.16. The average Bonchev–Trinajstić information content (AvgIpc) is 2.27. The molecule has 0 unspecified atom stereocenters. The number of hydrogen-bond donors (Lipinski definition) is 0. The number of nitrogens with zero attached hydrogens (tertiary/aromatic N) is 2. The van der Waals surface area contributed by atoms with Crippen molar-refractivity contribution in [1.29, 1.82) is 5.26 Å². The number of benzene rings is 1. The predicted octanol–water partition coefficient (Wildman–Crippen LogP) is 0.881. The van der Waals surface area contributed by atoms with E-state index in [0.717, 1.165) is 4.47 Å². The van der Waals surface area contributed by atoms with Gasteiger partial charge in [0.05, 0.1) is 24.5 Å². The Morgan fingerprint density at radius 2 is 2.19 bits per heavy atom. The van der Waals surface area contributed by atoms with Gasteiger partial charge in [-0.25, -0.2) is 8.42 Å². The van der Waals surface area contributed by atoms with Crippen LogP contribution in [0.25, 0.3) is 0 Å². The largest absolute Gasteiger partial charge is 0.288 e. The van der Waals surface area contributed by atoms with Gasteiger partial charge in [0.1, 0.15) is 0 Å². The Hall–Kier alpha value is -1.42. The van der Waals surface area contributed by atoms with E-state index in [1.165, 1.54) is 14.2 Å². The molecule has 0 N–H and O–H groups in total. The molecule has 1 rings (SSSR count). The second-order valence-electron chi connectivity index (χ2n) is 3.16. The highest BCUT2D eigenvalue weighted by Crippen LogP contribution is 2.11. The molecule has 0 atom stereocenters.